The van der Waals surface area contributed by atoms with Crippen LogP contribution in [0.5, 0.6) is 5.75 Å². The largest absolute Gasteiger partial charge is 0.506 e. The zero-order chi connectivity index (χ0) is 22.5. The first-order valence-electron chi connectivity index (χ1n) is 10.5. The third kappa shape index (κ3) is 4.87. The fraction of sp³-hybridized carbons (Fsp3) is 0.250. The predicted molar refractivity (Wildman–Crippen MR) is 134 cm³/mol. The minimum atomic E-state index is -0.361. The number of benzene rings is 2. The SMILES string of the molecule is CCOC(=O)c1cc(-c2ccccc2)sc1NC(=S)N1CCN(c2ccccc2O)CC1. The molecule has 0 spiro atoms. The Morgan fingerprint density at radius 3 is 2.47 bits per heavy atom. The Kier molecular flexibility index (Phi) is 6.92. The van der Waals surface area contributed by atoms with E-state index in [0.29, 0.717) is 35.4 Å². The lowest BCUT2D eigenvalue weighted by Crippen LogP contribution is -2.50. The van der Waals surface area contributed by atoms with Crippen LogP contribution in [0.15, 0.2) is 60.7 Å². The number of thiophene rings is 1. The Balaban J connectivity index is 1.47. The highest BCUT2D eigenvalue weighted by Gasteiger charge is 2.24. The number of ether oxygens (including phenoxy) is 1. The van der Waals surface area contributed by atoms with E-state index >= 15 is 0 Å². The van der Waals surface area contributed by atoms with E-state index in [0.717, 1.165) is 29.2 Å². The molecule has 8 heteroatoms. The number of aromatic hydroxyl groups is 1. The van der Waals surface area contributed by atoms with Crippen molar-refractivity contribution in [2.75, 3.05) is 43.0 Å². The van der Waals surface area contributed by atoms with E-state index in [4.69, 9.17) is 17.0 Å². The standard InChI is InChI=1S/C24H25N3O3S2/c1-2-30-23(29)18-16-21(17-8-4-3-5-9-17)32-22(18)25-24(31)27-14-12-26(13-15-27)19-10-6-7-11-20(19)28/h3-11,16,28H,2,12-15H2,1H3,(H,25,31). The van der Waals surface area contributed by atoms with E-state index in [-0.39, 0.29) is 11.7 Å². The van der Waals surface area contributed by atoms with Crippen LogP contribution in [0.1, 0.15) is 17.3 Å². The minimum absolute atomic E-state index is 0.285. The number of rotatable bonds is 5. The molecule has 2 heterocycles. The molecule has 4 rings (SSSR count). The van der Waals surface area contributed by atoms with E-state index in [1.54, 1.807) is 13.0 Å². The maximum atomic E-state index is 12.6. The number of piperazine rings is 1. The van der Waals surface area contributed by atoms with Crippen molar-refractivity contribution in [2.24, 2.45) is 0 Å². The van der Waals surface area contributed by atoms with Crippen LogP contribution in [0.25, 0.3) is 10.4 Å². The summed E-state index contributed by atoms with van der Waals surface area (Å²) in [5.41, 5.74) is 2.37. The van der Waals surface area contributed by atoms with Crippen LogP contribution < -0.4 is 10.2 Å². The van der Waals surface area contributed by atoms with Crippen LogP contribution in [-0.4, -0.2) is 53.9 Å². The summed E-state index contributed by atoms with van der Waals surface area (Å²) in [5.74, 6) is -0.0756. The first-order valence-corrected chi connectivity index (χ1v) is 11.7. The molecule has 1 saturated heterocycles. The second kappa shape index (κ2) is 10.0. The lowest BCUT2D eigenvalue weighted by molar-refractivity contribution is 0.0528. The molecule has 3 aromatic rings. The van der Waals surface area contributed by atoms with Gasteiger partial charge in [-0.1, -0.05) is 42.5 Å². The zero-order valence-corrected chi connectivity index (χ0v) is 19.4. The molecule has 2 aromatic carbocycles. The van der Waals surface area contributed by atoms with Crippen molar-refractivity contribution in [3.63, 3.8) is 0 Å². The highest BCUT2D eigenvalue weighted by Crippen LogP contribution is 2.36. The van der Waals surface area contributed by atoms with Gasteiger partial charge in [0.15, 0.2) is 5.11 Å². The molecule has 0 saturated carbocycles. The van der Waals surface area contributed by atoms with E-state index in [1.807, 2.05) is 54.6 Å². The highest BCUT2D eigenvalue weighted by molar-refractivity contribution is 7.80. The summed E-state index contributed by atoms with van der Waals surface area (Å²) < 4.78 is 5.26. The van der Waals surface area contributed by atoms with Gasteiger partial charge in [-0.05, 0) is 42.9 Å². The first kappa shape index (κ1) is 22.1. The zero-order valence-electron chi connectivity index (χ0n) is 17.8. The summed E-state index contributed by atoms with van der Waals surface area (Å²) in [5, 5.41) is 14.7. The normalized spacial score (nSPS) is 13.7. The molecule has 1 fully saturated rings. The molecule has 1 aliphatic heterocycles. The number of para-hydroxylation sites is 2. The summed E-state index contributed by atoms with van der Waals surface area (Å²) in [6.07, 6.45) is 0. The molecule has 0 amide bonds. The second-order valence-corrected chi connectivity index (χ2v) is 8.77. The van der Waals surface area contributed by atoms with Crippen molar-refractivity contribution >= 4 is 45.3 Å². The molecule has 166 valence electrons. The monoisotopic (exact) mass is 467 g/mol. The number of nitrogens with one attached hydrogen (secondary N) is 1. The van der Waals surface area contributed by atoms with Crippen LogP contribution in [-0.2, 0) is 4.74 Å². The van der Waals surface area contributed by atoms with Gasteiger partial charge in [0.1, 0.15) is 10.8 Å². The Bertz CT molecular complexity index is 1090. The highest BCUT2D eigenvalue weighted by atomic mass is 32.1. The van der Waals surface area contributed by atoms with Crippen molar-refractivity contribution in [2.45, 2.75) is 6.92 Å². The number of anilines is 2. The van der Waals surface area contributed by atoms with Gasteiger partial charge in [0, 0.05) is 31.1 Å². The molecule has 0 unspecified atom stereocenters. The Morgan fingerprint density at radius 1 is 1.09 bits per heavy atom. The lowest BCUT2D eigenvalue weighted by atomic mass is 10.1. The van der Waals surface area contributed by atoms with Gasteiger partial charge in [0.2, 0.25) is 0 Å². The molecule has 0 bridgehead atoms. The Hall–Kier alpha value is -3.10. The molecule has 0 atom stereocenters. The number of phenolic OH excluding ortho intramolecular Hbond substituents is 1. The van der Waals surface area contributed by atoms with Gasteiger partial charge in [0.25, 0.3) is 0 Å². The van der Waals surface area contributed by atoms with Crippen molar-refractivity contribution in [1.29, 1.82) is 0 Å². The molecule has 0 aliphatic carbocycles. The maximum Gasteiger partial charge on any atom is 0.341 e. The maximum absolute atomic E-state index is 12.6. The smallest absolute Gasteiger partial charge is 0.341 e. The van der Waals surface area contributed by atoms with E-state index in [2.05, 4.69) is 15.1 Å². The van der Waals surface area contributed by atoms with E-state index < -0.39 is 0 Å². The quantitative estimate of drug-likeness (QED) is 0.412. The summed E-state index contributed by atoms with van der Waals surface area (Å²) in [4.78, 5) is 17.8. The molecule has 0 radical (unpaired) electrons. The van der Waals surface area contributed by atoms with Gasteiger partial charge in [0.05, 0.1) is 17.9 Å². The number of carbonyl (C=O) groups excluding carboxylic acids is 1. The fourth-order valence-electron chi connectivity index (χ4n) is 3.65. The van der Waals surface area contributed by atoms with Crippen LogP contribution in [0.2, 0.25) is 0 Å². The Morgan fingerprint density at radius 2 is 1.78 bits per heavy atom. The second-order valence-electron chi connectivity index (χ2n) is 7.33. The van der Waals surface area contributed by atoms with Crippen molar-refractivity contribution in [3.05, 3.63) is 66.2 Å². The number of hydrogen-bond donors (Lipinski definition) is 2. The van der Waals surface area contributed by atoms with Crippen LogP contribution >= 0.6 is 23.6 Å². The molecule has 6 nitrogen and oxygen atoms in total. The molecular weight excluding hydrogens is 442 g/mol. The number of carbonyl (C=O) groups is 1. The van der Waals surface area contributed by atoms with Crippen molar-refractivity contribution < 1.29 is 14.6 Å². The molecule has 2 N–H and O–H groups in total. The number of hydrogen-bond acceptors (Lipinski definition) is 6. The lowest BCUT2D eigenvalue weighted by Gasteiger charge is -2.37. The van der Waals surface area contributed by atoms with E-state index in [9.17, 15) is 9.90 Å². The van der Waals surface area contributed by atoms with Crippen LogP contribution in [0.4, 0.5) is 10.7 Å². The summed E-state index contributed by atoms with van der Waals surface area (Å²) in [7, 11) is 0. The molecular formula is C24H25N3O3S2. The van der Waals surface area contributed by atoms with Gasteiger partial charge in [-0.3, -0.25) is 0 Å². The van der Waals surface area contributed by atoms with Crippen molar-refractivity contribution in [1.82, 2.24) is 4.90 Å². The average Bonchev–Trinajstić information content (AvgIpc) is 3.24. The average molecular weight is 468 g/mol. The molecule has 32 heavy (non-hydrogen) atoms. The third-order valence-corrected chi connectivity index (χ3v) is 6.76. The van der Waals surface area contributed by atoms with Crippen LogP contribution in [0.3, 0.4) is 0 Å². The predicted octanol–water partition coefficient (Wildman–Crippen LogP) is 4.82. The van der Waals surface area contributed by atoms with Gasteiger partial charge in [-0.2, -0.15) is 0 Å². The topological polar surface area (TPSA) is 65.0 Å². The fourth-order valence-corrected chi connectivity index (χ4v) is 5.05. The number of nitrogens with zero attached hydrogens (tertiary/aromatic N) is 2. The molecule has 1 aromatic heterocycles. The van der Waals surface area contributed by atoms with Gasteiger partial charge in [-0.25, -0.2) is 4.79 Å². The first-order chi connectivity index (χ1) is 15.6. The van der Waals surface area contributed by atoms with Gasteiger partial charge in [-0.15, -0.1) is 11.3 Å². The molecule has 1 aliphatic rings. The number of phenols is 1. The summed E-state index contributed by atoms with van der Waals surface area (Å²) >= 11 is 7.16. The minimum Gasteiger partial charge on any atom is -0.506 e. The summed E-state index contributed by atoms with van der Waals surface area (Å²) in [6, 6.07) is 19.2. The third-order valence-electron chi connectivity index (χ3n) is 5.30. The van der Waals surface area contributed by atoms with Gasteiger partial charge < -0.3 is 25.0 Å². The Labute approximate surface area is 197 Å². The number of esters is 1. The van der Waals surface area contributed by atoms with Gasteiger partial charge >= 0.3 is 5.97 Å². The van der Waals surface area contributed by atoms with E-state index in [1.165, 1.54) is 11.3 Å². The summed E-state index contributed by atoms with van der Waals surface area (Å²) in [6.45, 7) is 5.02. The van der Waals surface area contributed by atoms with Crippen LogP contribution in [0, 0.1) is 0 Å². The number of thiocarbonyl (C=S) groups is 1. The van der Waals surface area contributed by atoms with Crippen molar-refractivity contribution in [3.8, 4) is 16.2 Å².